The van der Waals surface area contributed by atoms with E-state index in [1.807, 2.05) is 6.07 Å². The van der Waals surface area contributed by atoms with Gasteiger partial charge >= 0.3 is 5.97 Å². The second kappa shape index (κ2) is 3.56. The molecule has 1 aromatic carbocycles. The van der Waals surface area contributed by atoms with E-state index in [4.69, 9.17) is 10.4 Å². The van der Waals surface area contributed by atoms with Crippen LogP contribution in [0.2, 0.25) is 0 Å². The Hall–Kier alpha value is -1.41. The third-order valence-corrected chi connectivity index (χ3v) is 3.38. The molecule has 1 aliphatic carbocycles. The Labute approximate surface area is 99.6 Å². The monoisotopic (exact) mass is 283 g/mol. The largest absolute Gasteiger partial charge is 0.478 e. The Balaban J connectivity index is 2.71. The smallest absolute Gasteiger partial charge is 0.336 e. The van der Waals surface area contributed by atoms with Gasteiger partial charge in [-0.3, -0.25) is 0 Å². The zero-order valence-electron chi connectivity index (χ0n) is 8.13. The van der Waals surface area contributed by atoms with Gasteiger partial charge in [0.15, 0.2) is 0 Å². The summed E-state index contributed by atoms with van der Waals surface area (Å²) in [7, 11) is 0. The van der Waals surface area contributed by atoms with Crippen LogP contribution in [0.5, 0.6) is 0 Å². The van der Waals surface area contributed by atoms with Gasteiger partial charge in [0.05, 0.1) is 21.5 Å². The fourth-order valence-electron chi connectivity index (χ4n) is 1.74. The summed E-state index contributed by atoms with van der Waals surface area (Å²) in [5, 5.41) is 18.0. The average molecular weight is 284 g/mol. The van der Waals surface area contributed by atoms with Gasteiger partial charge in [-0.25, -0.2) is 9.18 Å². The van der Waals surface area contributed by atoms with Crippen molar-refractivity contribution in [3.63, 3.8) is 0 Å². The number of carbonyl (C=O) groups is 1. The van der Waals surface area contributed by atoms with Crippen molar-refractivity contribution in [3.05, 3.63) is 33.5 Å². The molecule has 16 heavy (non-hydrogen) atoms. The molecule has 82 valence electrons. The molecule has 1 aromatic rings. The minimum Gasteiger partial charge on any atom is -0.478 e. The van der Waals surface area contributed by atoms with Crippen molar-refractivity contribution in [1.29, 1.82) is 5.26 Å². The predicted octanol–water partition coefficient (Wildman–Crippen LogP) is 2.84. The number of rotatable bonds is 2. The lowest BCUT2D eigenvalue weighted by Gasteiger charge is -2.12. The first-order valence-electron chi connectivity index (χ1n) is 4.65. The van der Waals surface area contributed by atoms with Gasteiger partial charge < -0.3 is 5.11 Å². The summed E-state index contributed by atoms with van der Waals surface area (Å²) in [4.78, 5) is 11.0. The molecule has 0 heterocycles. The summed E-state index contributed by atoms with van der Waals surface area (Å²) in [6.45, 7) is 0. The topological polar surface area (TPSA) is 61.1 Å². The molecule has 0 spiro atoms. The standard InChI is InChI=1S/C11H7BrFNO2/c12-7-2-1-6(10(15)16)8(9(7)13)11(5-14)3-4-11/h1-2H,3-4H2,(H,15,16). The first-order chi connectivity index (χ1) is 7.52. The summed E-state index contributed by atoms with van der Waals surface area (Å²) < 4.78 is 14.1. The van der Waals surface area contributed by atoms with Gasteiger partial charge in [-0.15, -0.1) is 0 Å². The molecule has 1 N–H and O–H groups in total. The van der Waals surface area contributed by atoms with Crippen molar-refractivity contribution < 1.29 is 14.3 Å². The van der Waals surface area contributed by atoms with E-state index in [1.54, 1.807) is 0 Å². The molecule has 1 saturated carbocycles. The normalized spacial score (nSPS) is 16.6. The average Bonchev–Trinajstić information content (AvgIpc) is 3.02. The minimum absolute atomic E-state index is 0.0110. The highest BCUT2D eigenvalue weighted by atomic mass is 79.9. The van der Waals surface area contributed by atoms with Gasteiger partial charge in [-0.1, -0.05) is 0 Å². The summed E-state index contributed by atoms with van der Waals surface area (Å²) >= 11 is 3.00. The number of hydrogen-bond donors (Lipinski definition) is 1. The summed E-state index contributed by atoms with van der Waals surface area (Å²) in [6.07, 6.45) is 1.02. The van der Waals surface area contributed by atoms with Crippen molar-refractivity contribution in [2.75, 3.05) is 0 Å². The maximum atomic E-state index is 13.9. The first-order valence-corrected chi connectivity index (χ1v) is 5.44. The van der Waals surface area contributed by atoms with Crippen LogP contribution in [-0.2, 0) is 5.41 Å². The zero-order chi connectivity index (χ0) is 11.9. The molecule has 5 heteroatoms. The Kier molecular flexibility index (Phi) is 2.47. The number of carboxylic acid groups (broad SMARTS) is 1. The highest BCUT2D eigenvalue weighted by molar-refractivity contribution is 9.10. The number of benzene rings is 1. The van der Waals surface area contributed by atoms with Crippen LogP contribution in [0.1, 0.15) is 28.8 Å². The molecule has 1 fully saturated rings. The molecule has 3 nitrogen and oxygen atoms in total. The van der Waals surface area contributed by atoms with Crippen LogP contribution < -0.4 is 0 Å². The van der Waals surface area contributed by atoms with E-state index in [9.17, 15) is 9.18 Å². The van der Waals surface area contributed by atoms with E-state index in [2.05, 4.69) is 15.9 Å². The van der Waals surface area contributed by atoms with Crippen molar-refractivity contribution in [2.24, 2.45) is 0 Å². The molecule has 0 unspecified atom stereocenters. The second-order valence-corrected chi connectivity index (χ2v) is 4.64. The van der Waals surface area contributed by atoms with Crippen LogP contribution >= 0.6 is 15.9 Å². The molecular weight excluding hydrogens is 277 g/mol. The Bertz CT molecular complexity index is 517. The Morgan fingerprint density at radius 2 is 2.19 bits per heavy atom. The molecule has 0 aromatic heterocycles. The fraction of sp³-hybridized carbons (Fsp3) is 0.273. The zero-order valence-corrected chi connectivity index (χ0v) is 9.71. The number of nitrogens with zero attached hydrogens (tertiary/aromatic N) is 1. The number of nitriles is 1. The predicted molar refractivity (Wildman–Crippen MR) is 57.6 cm³/mol. The molecule has 2 rings (SSSR count). The molecular formula is C11H7BrFNO2. The van der Waals surface area contributed by atoms with Gasteiger partial charge in [-0.2, -0.15) is 5.26 Å². The fourth-order valence-corrected chi connectivity index (χ4v) is 2.07. The van der Waals surface area contributed by atoms with E-state index in [0.29, 0.717) is 12.8 Å². The van der Waals surface area contributed by atoms with E-state index in [-0.39, 0.29) is 15.6 Å². The van der Waals surface area contributed by atoms with Crippen LogP contribution in [0.4, 0.5) is 4.39 Å². The molecule has 0 bridgehead atoms. The molecule has 0 radical (unpaired) electrons. The van der Waals surface area contributed by atoms with Crippen molar-refractivity contribution >= 4 is 21.9 Å². The highest BCUT2D eigenvalue weighted by Crippen LogP contribution is 2.50. The quantitative estimate of drug-likeness (QED) is 0.908. The maximum absolute atomic E-state index is 13.9. The van der Waals surface area contributed by atoms with Gasteiger partial charge in [0.1, 0.15) is 5.82 Å². The molecule has 0 amide bonds. The Morgan fingerprint density at radius 3 is 2.62 bits per heavy atom. The van der Waals surface area contributed by atoms with E-state index in [0.717, 1.165) is 0 Å². The molecule has 0 saturated heterocycles. The van der Waals surface area contributed by atoms with Crippen molar-refractivity contribution in [2.45, 2.75) is 18.3 Å². The number of halogens is 2. The van der Waals surface area contributed by atoms with Gasteiger partial charge in [0.2, 0.25) is 0 Å². The van der Waals surface area contributed by atoms with Crippen LogP contribution in [0.25, 0.3) is 0 Å². The number of aromatic carboxylic acids is 1. The second-order valence-electron chi connectivity index (χ2n) is 3.78. The Morgan fingerprint density at radius 1 is 1.56 bits per heavy atom. The van der Waals surface area contributed by atoms with Crippen LogP contribution in [0.3, 0.4) is 0 Å². The summed E-state index contributed by atoms with van der Waals surface area (Å²) in [5.41, 5.74) is -1.06. The molecule has 1 aliphatic rings. The first kappa shape index (κ1) is 11.1. The lowest BCUT2D eigenvalue weighted by Crippen LogP contribution is -2.14. The molecule has 0 atom stereocenters. The van der Waals surface area contributed by atoms with Gasteiger partial charge in [0.25, 0.3) is 0 Å². The lowest BCUT2D eigenvalue weighted by molar-refractivity contribution is 0.0694. The SMILES string of the molecule is N#CC1(c2c(C(=O)O)ccc(Br)c2F)CC1. The number of hydrogen-bond acceptors (Lipinski definition) is 2. The van der Waals surface area contributed by atoms with Crippen LogP contribution in [-0.4, -0.2) is 11.1 Å². The van der Waals surface area contributed by atoms with E-state index >= 15 is 0 Å². The maximum Gasteiger partial charge on any atom is 0.336 e. The van der Waals surface area contributed by atoms with Crippen molar-refractivity contribution in [3.8, 4) is 6.07 Å². The van der Waals surface area contributed by atoms with E-state index < -0.39 is 17.2 Å². The van der Waals surface area contributed by atoms with Crippen molar-refractivity contribution in [1.82, 2.24) is 0 Å². The summed E-state index contributed by atoms with van der Waals surface area (Å²) in [5.74, 6) is -1.85. The van der Waals surface area contributed by atoms with Gasteiger partial charge in [-0.05, 0) is 40.9 Å². The van der Waals surface area contributed by atoms with Crippen LogP contribution in [0, 0.1) is 17.1 Å². The number of carboxylic acids is 1. The molecule has 0 aliphatic heterocycles. The third kappa shape index (κ3) is 1.50. The lowest BCUT2D eigenvalue weighted by atomic mass is 9.92. The van der Waals surface area contributed by atoms with Crippen LogP contribution in [0.15, 0.2) is 16.6 Å². The summed E-state index contributed by atoms with van der Waals surface area (Å²) in [6, 6.07) is 4.67. The van der Waals surface area contributed by atoms with E-state index in [1.165, 1.54) is 12.1 Å². The minimum atomic E-state index is -1.21. The highest BCUT2D eigenvalue weighted by Gasteiger charge is 2.49. The van der Waals surface area contributed by atoms with Gasteiger partial charge in [0, 0.05) is 5.56 Å². The third-order valence-electron chi connectivity index (χ3n) is 2.77.